The molecule has 1 aromatic heterocycles. The summed E-state index contributed by atoms with van der Waals surface area (Å²) in [5, 5.41) is 0. The van der Waals surface area contributed by atoms with Crippen LogP contribution >= 0.6 is 11.7 Å². The lowest BCUT2D eigenvalue weighted by molar-refractivity contribution is 0.0984. The fourth-order valence-electron chi connectivity index (χ4n) is 3.06. The molecule has 1 heterocycles. The van der Waals surface area contributed by atoms with Gasteiger partial charge in [-0.2, -0.15) is 8.75 Å². The summed E-state index contributed by atoms with van der Waals surface area (Å²) in [5.74, 6) is 0.544. The summed E-state index contributed by atoms with van der Waals surface area (Å²) < 4.78 is 14.3. The van der Waals surface area contributed by atoms with E-state index >= 15 is 0 Å². The average molecular weight is 416 g/mol. The molecule has 0 unspecified atom stereocenters. The highest BCUT2D eigenvalue weighted by atomic mass is 32.1. The molecular weight excluding hydrogens is 394 g/mol. The van der Waals surface area contributed by atoms with Gasteiger partial charge in [0.1, 0.15) is 18.1 Å². The van der Waals surface area contributed by atoms with Crippen molar-refractivity contribution in [2.24, 2.45) is 0 Å². The maximum absolute atomic E-state index is 13.4. The summed E-state index contributed by atoms with van der Waals surface area (Å²) in [6.07, 6.45) is 0. The first-order chi connectivity index (χ1) is 14.7. The molecule has 0 spiro atoms. The van der Waals surface area contributed by atoms with E-state index in [9.17, 15) is 4.79 Å². The molecule has 0 fully saturated rings. The largest absolute Gasteiger partial charge is 0.487 e. The molecule has 4 rings (SSSR count). The summed E-state index contributed by atoms with van der Waals surface area (Å²) in [6, 6.07) is 26.9. The van der Waals surface area contributed by atoms with E-state index in [2.05, 4.69) is 8.75 Å². The zero-order valence-corrected chi connectivity index (χ0v) is 17.4. The van der Waals surface area contributed by atoms with Gasteiger partial charge in [-0.3, -0.25) is 4.79 Å². The number of amides is 1. The van der Waals surface area contributed by atoms with Gasteiger partial charge in [-0.25, -0.2) is 0 Å². The molecule has 0 radical (unpaired) electrons. The molecule has 5 nitrogen and oxygen atoms in total. The summed E-state index contributed by atoms with van der Waals surface area (Å²) in [4.78, 5) is 15.2. The van der Waals surface area contributed by atoms with Crippen molar-refractivity contribution in [1.29, 1.82) is 0 Å². The Bertz CT molecular complexity index is 1110. The van der Waals surface area contributed by atoms with Gasteiger partial charge in [0, 0.05) is 11.3 Å². The van der Waals surface area contributed by atoms with E-state index < -0.39 is 0 Å². The zero-order chi connectivity index (χ0) is 20.8. The van der Waals surface area contributed by atoms with Gasteiger partial charge in [-0.05, 0) is 42.8 Å². The molecule has 0 atom stereocenters. The molecule has 0 aliphatic rings. The number of aromatic nitrogens is 2. The predicted molar refractivity (Wildman–Crippen MR) is 119 cm³/mol. The van der Waals surface area contributed by atoms with Gasteiger partial charge in [0.05, 0.1) is 24.0 Å². The maximum Gasteiger partial charge on any atom is 0.258 e. The smallest absolute Gasteiger partial charge is 0.258 e. The highest BCUT2D eigenvalue weighted by Crippen LogP contribution is 2.22. The molecule has 0 aliphatic carbocycles. The van der Waals surface area contributed by atoms with Crippen molar-refractivity contribution in [3.8, 4) is 5.75 Å². The Morgan fingerprint density at radius 3 is 2.37 bits per heavy atom. The monoisotopic (exact) mass is 415 g/mol. The Balaban J connectivity index is 1.57. The van der Waals surface area contributed by atoms with Crippen LogP contribution in [-0.4, -0.2) is 14.7 Å². The fraction of sp³-hybridized carbons (Fsp3) is 0.125. The van der Waals surface area contributed by atoms with Crippen LogP contribution in [0.25, 0.3) is 0 Å². The van der Waals surface area contributed by atoms with Gasteiger partial charge >= 0.3 is 0 Å². The van der Waals surface area contributed by atoms with Crippen molar-refractivity contribution in [1.82, 2.24) is 8.75 Å². The van der Waals surface area contributed by atoms with Gasteiger partial charge in [0.25, 0.3) is 5.91 Å². The van der Waals surface area contributed by atoms with Crippen LogP contribution in [0.5, 0.6) is 5.75 Å². The third kappa shape index (κ3) is 4.72. The van der Waals surface area contributed by atoms with E-state index in [1.807, 2.05) is 85.8 Å². The maximum atomic E-state index is 13.4. The number of benzene rings is 3. The SMILES string of the molecule is Cc1nsnc1COc1cccc(C(=O)N(Cc2ccccc2)c2ccccc2)c1. The first-order valence-corrected chi connectivity index (χ1v) is 10.4. The lowest BCUT2D eigenvalue weighted by Crippen LogP contribution is -2.30. The second-order valence-corrected chi connectivity index (χ2v) is 7.35. The lowest BCUT2D eigenvalue weighted by Gasteiger charge is -2.23. The molecule has 0 N–H and O–H groups in total. The summed E-state index contributed by atoms with van der Waals surface area (Å²) in [6.45, 7) is 2.72. The number of carbonyl (C=O) groups is 1. The van der Waals surface area contributed by atoms with Gasteiger partial charge < -0.3 is 9.64 Å². The van der Waals surface area contributed by atoms with E-state index in [0.717, 1.165) is 22.6 Å². The van der Waals surface area contributed by atoms with Crippen molar-refractivity contribution in [2.45, 2.75) is 20.1 Å². The number of hydrogen-bond donors (Lipinski definition) is 0. The topological polar surface area (TPSA) is 55.3 Å². The van der Waals surface area contributed by atoms with E-state index in [1.165, 1.54) is 11.7 Å². The Kier molecular flexibility index (Phi) is 6.15. The molecule has 4 aromatic rings. The van der Waals surface area contributed by atoms with Crippen molar-refractivity contribution >= 4 is 23.3 Å². The molecular formula is C24H21N3O2S. The molecule has 0 aliphatic heterocycles. The van der Waals surface area contributed by atoms with Crippen molar-refractivity contribution in [3.05, 3.63) is 107 Å². The van der Waals surface area contributed by atoms with Crippen LogP contribution in [0.1, 0.15) is 27.3 Å². The highest BCUT2D eigenvalue weighted by molar-refractivity contribution is 6.99. The Morgan fingerprint density at radius 1 is 0.933 bits per heavy atom. The van der Waals surface area contributed by atoms with Crippen molar-refractivity contribution in [3.63, 3.8) is 0 Å². The minimum Gasteiger partial charge on any atom is -0.487 e. The number of rotatable bonds is 7. The van der Waals surface area contributed by atoms with Crippen LogP contribution in [0.4, 0.5) is 5.69 Å². The number of carbonyl (C=O) groups excluding carboxylic acids is 1. The van der Waals surface area contributed by atoms with Crippen LogP contribution < -0.4 is 9.64 Å². The Hall–Kier alpha value is -3.51. The van der Waals surface area contributed by atoms with Crippen LogP contribution in [0.2, 0.25) is 0 Å². The van der Waals surface area contributed by atoms with E-state index in [-0.39, 0.29) is 5.91 Å². The number of hydrogen-bond acceptors (Lipinski definition) is 5. The molecule has 0 saturated carbocycles. The molecule has 150 valence electrons. The number of anilines is 1. The quantitative estimate of drug-likeness (QED) is 0.412. The Labute approximate surface area is 179 Å². The van der Waals surface area contributed by atoms with Gasteiger partial charge in [0.2, 0.25) is 0 Å². The average Bonchev–Trinajstić information content (AvgIpc) is 3.22. The van der Waals surface area contributed by atoms with Crippen LogP contribution in [0, 0.1) is 6.92 Å². The normalized spacial score (nSPS) is 10.6. The summed E-state index contributed by atoms with van der Waals surface area (Å²) in [7, 11) is 0. The number of aryl methyl sites for hydroxylation is 1. The molecule has 1 amide bonds. The molecule has 6 heteroatoms. The highest BCUT2D eigenvalue weighted by Gasteiger charge is 2.19. The number of nitrogens with zero attached hydrogens (tertiary/aromatic N) is 3. The molecule has 0 saturated heterocycles. The second-order valence-electron chi connectivity index (χ2n) is 6.83. The lowest BCUT2D eigenvalue weighted by atomic mass is 10.1. The third-order valence-electron chi connectivity index (χ3n) is 4.70. The van der Waals surface area contributed by atoms with Gasteiger partial charge in [0.15, 0.2) is 0 Å². The minimum absolute atomic E-state index is 0.0815. The van der Waals surface area contributed by atoms with Crippen LogP contribution in [-0.2, 0) is 13.2 Å². The second kappa shape index (κ2) is 9.33. The first-order valence-electron chi connectivity index (χ1n) is 9.62. The van der Waals surface area contributed by atoms with Crippen molar-refractivity contribution < 1.29 is 9.53 Å². The third-order valence-corrected chi connectivity index (χ3v) is 5.36. The molecule has 3 aromatic carbocycles. The predicted octanol–water partition coefficient (Wildman–Crippen LogP) is 5.27. The Morgan fingerprint density at radius 2 is 1.67 bits per heavy atom. The van der Waals surface area contributed by atoms with Gasteiger partial charge in [-0.1, -0.05) is 54.6 Å². The standard InChI is InChI=1S/C24H21N3O2S/c1-18-23(26-30-25-18)17-29-22-14-8-11-20(15-22)24(28)27(21-12-6-3-7-13-21)16-19-9-4-2-5-10-19/h2-15H,16-17H2,1H3. The van der Waals surface area contributed by atoms with E-state index in [1.54, 1.807) is 11.0 Å². The number of ether oxygens (including phenoxy) is 1. The van der Waals surface area contributed by atoms with Crippen molar-refractivity contribution in [2.75, 3.05) is 4.90 Å². The van der Waals surface area contributed by atoms with Gasteiger partial charge in [-0.15, -0.1) is 0 Å². The summed E-state index contributed by atoms with van der Waals surface area (Å²) in [5.41, 5.74) is 4.16. The van der Waals surface area contributed by atoms with Crippen LogP contribution in [0.15, 0.2) is 84.9 Å². The van der Waals surface area contributed by atoms with Crippen LogP contribution in [0.3, 0.4) is 0 Å². The first kappa shape index (κ1) is 19.8. The number of para-hydroxylation sites is 1. The fourth-order valence-corrected chi connectivity index (χ4v) is 3.61. The molecule has 30 heavy (non-hydrogen) atoms. The van der Waals surface area contributed by atoms with E-state index in [0.29, 0.717) is 24.5 Å². The summed E-state index contributed by atoms with van der Waals surface area (Å²) >= 11 is 1.17. The zero-order valence-electron chi connectivity index (χ0n) is 16.6. The molecule has 0 bridgehead atoms. The minimum atomic E-state index is -0.0815. The van der Waals surface area contributed by atoms with E-state index in [4.69, 9.17) is 4.74 Å².